The largest absolute Gasteiger partial charge is 0.355 e. The number of rotatable bonds is 4. The van der Waals surface area contributed by atoms with Crippen molar-refractivity contribution in [3.8, 4) is 0 Å². The lowest BCUT2D eigenvalue weighted by Crippen LogP contribution is -2.44. The summed E-state index contributed by atoms with van der Waals surface area (Å²) in [6.45, 7) is 4.89. The van der Waals surface area contributed by atoms with Crippen LogP contribution in [0.5, 0.6) is 0 Å². The van der Waals surface area contributed by atoms with E-state index < -0.39 is 0 Å². The van der Waals surface area contributed by atoms with E-state index in [4.69, 9.17) is 23.2 Å². The molecule has 0 spiro atoms. The number of benzene rings is 1. The molecule has 6 heteroatoms. The number of anilines is 1. The van der Waals surface area contributed by atoms with Crippen molar-refractivity contribution in [2.75, 3.05) is 18.0 Å². The first-order valence-corrected chi connectivity index (χ1v) is 9.06. The van der Waals surface area contributed by atoms with Gasteiger partial charge in [-0.15, -0.1) is 0 Å². The van der Waals surface area contributed by atoms with Gasteiger partial charge in [-0.2, -0.15) is 0 Å². The van der Waals surface area contributed by atoms with Gasteiger partial charge in [-0.05, 0) is 59.1 Å². The molecule has 23 heavy (non-hydrogen) atoms. The SMILES string of the molecule is C[C@]1(NCc2ccc(Cl)cc2Cl)CCN(c2ccc(Br)cn2)C1. The summed E-state index contributed by atoms with van der Waals surface area (Å²) in [5.74, 6) is 1.02. The van der Waals surface area contributed by atoms with Gasteiger partial charge in [0, 0.05) is 45.9 Å². The Morgan fingerprint density at radius 1 is 1.30 bits per heavy atom. The second kappa shape index (κ2) is 6.98. The zero-order valence-corrected chi connectivity index (χ0v) is 15.9. The predicted molar refractivity (Wildman–Crippen MR) is 100 cm³/mol. The van der Waals surface area contributed by atoms with E-state index in [9.17, 15) is 0 Å². The van der Waals surface area contributed by atoms with E-state index in [1.807, 2.05) is 30.5 Å². The van der Waals surface area contributed by atoms with E-state index in [1.54, 1.807) is 6.07 Å². The number of nitrogens with one attached hydrogen (secondary N) is 1. The van der Waals surface area contributed by atoms with Crippen molar-refractivity contribution >= 4 is 44.9 Å². The standard InChI is InChI=1S/C17H18BrCl2N3/c1-17(22-9-12-2-4-14(19)8-15(12)20)6-7-23(11-17)16-5-3-13(18)10-21-16/h2-5,8,10,22H,6-7,9,11H2,1H3/t17-/m0/s1. The highest BCUT2D eigenvalue weighted by atomic mass is 79.9. The quantitative estimate of drug-likeness (QED) is 0.770. The van der Waals surface area contributed by atoms with E-state index in [2.05, 4.69) is 38.1 Å². The van der Waals surface area contributed by atoms with Gasteiger partial charge in [0.25, 0.3) is 0 Å². The first kappa shape index (κ1) is 17.0. The minimum atomic E-state index is 0.0394. The highest BCUT2D eigenvalue weighted by molar-refractivity contribution is 9.10. The van der Waals surface area contributed by atoms with Gasteiger partial charge < -0.3 is 10.2 Å². The second-order valence-corrected chi connectivity index (χ2v) is 7.92. The summed E-state index contributed by atoms with van der Waals surface area (Å²) in [5, 5.41) is 5.01. The number of aromatic nitrogens is 1. The average molecular weight is 415 g/mol. The molecule has 2 heterocycles. The van der Waals surface area contributed by atoms with Crippen molar-refractivity contribution in [3.05, 3.63) is 56.6 Å². The van der Waals surface area contributed by atoms with Crippen LogP contribution in [0.4, 0.5) is 5.82 Å². The normalized spacial score (nSPS) is 21.0. The first-order chi connectivity index (χ1) is 11.0. The molecule has 0 amide bonds. The lowest BCUT2D eigenvalue weighted by molar-refractivity contribution is 0.389. The van der Waals surface area contributed by atoms with E-state index in [-0.39, 0.29) is 5.54 Å². The van der Waals surface area contributed by atoms with Crippen LogP contribution in [0.2, 0.25) is 10.0 Å². The number of hydrogen-bond acceptors (Lipinski definition) is 3. The van der Waals surface area contributed by atoms with Gasteiger partial charge >= 0.3 is 0 Å². The van der Waals surface area contributed by atoms with Crippen molar-refractivity contribution in [1.82, 2.24) is 10.3 Å². The molecule has 1 aliphatic heterocycles. The fourth-order valence-electron chi connectivity index (χ4n) is 2.83. The molecule has 0 radical (unpaired) electrons. The molecule has 122 valence electrons. The molecule has 3 rings (SSSR count). The zero-order chi connectivity index (χ0) is 16.4. The van der Waals surface area contributed by atoms with Gasteiger partial charge in [0.05, 0.1) is 0 Å². The summed E-state index contributed by atoms with van der Waals surface area (Å²) in [6.07, 6.45) is 2.90. The van der Waals surface area contributed by atoms with Crippen LogP contribution in [0, 0.1) is 0 Å². The Morgan fingerprint density at radius 3 is 2.83 bits per heavy atom. The van der Waals surface area contributed by atoms with Gasteiger partial charge in [0.1, 0.15) is 5.82 Å². The topological polar surface area (TPSA) is 28.2 Å². The fourth-order valence-corrected chi connectivity index (χ4v) is 3.54. The van der Waals surface area contributed by atoms with Crippen LogP contribution in [-0.2, 0) is 6.54 Å². The van der Waals surface area contributed by atoms with E-state index in [0.717, 1.165) is 41.9 Å². The van der Waals surface area contributed by atoms with Crippen molar-refractivity contribution in [2.45, 2.75) is 25.4 Å². The molecule has 1 fully saturated rings. The van der Waals surface area contributed by atoms with Crippen LogP contribution in [0.15, 0.2) is 41.0 Å². The molecule has 1 aliphatic rings. The average Bonchev–Trinajstić information content (AvgIpc) is 2.90. The predicted octanol–water partition coefficient (Wildman–Crippen LogP) is 4.91. The van der Waals surface area contributed by atoms with Crippen molar-refractivity contribution in [3.63, 3.8) is 0 Å². The Morgan fingerprint density at radius 2 is 2.13 bits per heavy atom. The Kier molecular flexibility index (Phi) is 5.16. The third kappa shape index (κ3) is 4.18. The minimum absolute atomic E-state index is 0.0394. The van der Waals surface area contributed by atoms with Gasteiger partial charge in [-0.1, -0.05) is 29.3 Å². The summed E-state index contributed by atoms with van der Waals surface area (Å²) in [6, 6.07) is 9.71. The lowest BCUT2D eigenvalue weighted by Gasteiger charge is -2.27. The molecule has 1 saturated heterocycles. The maximum absolute atomic E-state index is 6.25. The van der Waals surface area contributed by atoms with Gasteiger partial charge in [0.15, 0.2) is 0 Å². The molecule has 1 aromatic carbocycles. The van der Waals surface area contributed by atoms with Crippen LogP contribution < -0.4 is 10.2 Å². The minimum Gasteiger partial charge on any atom is -0.355 e. The summed E-state index contributed by atoms with van der Waals surface area (Å²) >= 11 is 15.6. The Balaban J connectivity index is 1.63. The summed E-state index contributed by atoms with van der Waals surface area (Å²) in [4.78, 5) is 6.79. The van der Waals surface area contributed by atoms with Crippen molar-refractivity contribution in [1.29, 1.82) is 0 Å². The van der Waals surface area contributed by atoms with Gasteiger partial charge in [0.2, 0.25) is 0 Å². The number of hydrogen-bond donors (Lipinski definition) is 1. The van der Waals surface area contributed by atoms with Crippen LogP contribution in [0.1, 0.15) is 18.9 Å². The number of nitrogens with zero attached hydrogens (tertiary/aromatic N) is 2. The molecular formula is C17H18BrCl2N3. The van der Waals surface area contributed by atoms with Gasteiger partial charge in [-0.3, -0.25) is 0 Å². The molecule has 3 nitrogen and oxygen atoms in total. The third-order valence-electron chi connectivity index (χ3n) is 4.23. The summed E-state index contributed by atoms with van der Waals surface area (Å²) in [7, 11) is 0. The van der Waals surface area contributed by atoms with E-state index in [0.29, 0.717) is 10.0 Å². The highest BCUT2D eigenvalue weighted by Crippen LogP contribution is 2.27. The molecule has 0 aliphatic carbocycles. The molecule has 1 aromatic heterocycles. The van der Waals surface area contributed by atoms with Crippen LogP contribution in [0.3, 0.4) is 0 Å². The number of halogens is 3. The van der Waals surface area contributed by atoms with Crippen LogP contribution >= 0.6 is 39.1 Å². The highest BCUT2D eigenvalue weighted by Gasteiger charge is 2.33. The first-order valence-electron chi connectivity index (χ1n) is 7.51. The molecule has 0 bridgehead atoms. The molecule has 0 unspecified atom stereocenters. The molecule has 1 N–H and O–H groups in total. The van der Waals surface area contributed by atoms with Gasteiger partial charge in [-0.25, -0.2) is 4.98 Å². The molecule has 0 saturated carbocycles. The fraction of sp³-hybridized carbons (Fsp3) is 0.353. The van der Waals surface area contributed by atoms with Crippen LogP contribution in [0.25, 0.3) is 0 Å². The molecule has 2 aromatic rings. The summed E-state index contributed by atoms with van der Waals surface area (Å²) in [5.41, 5.74) is 1.11. The van der Waals surface area contributed by atoms with E-state index >= 15 is 0 Å². The molecular weight excluding hydrogens is 397 g/mol. The Bertz CT molecular complexity index is 693. The van der Waals surface area contributed by atoms with E-state index in [1.165, 1.54) is 0 Å². The van der Waals surface area contributed by atoms with Crippen molar-refractivity contribution < 1.29 is 0 Å². The maximum Gasteiger partial charge on any atom is 0.128 e. The third-order valence-corrected chi connectivity index (χ3v) is 5.29. The Labute approximate surface area is 155 Å². The second-order valence-electron chi connectivity index (χ2n) is 6.16. The Hall–Kier alpha value is -0.810. The summed E-state index contributed by atoms with van der Waals surface area (Å²) < 4.78 is 0.999. The zero-order valence-electron chi connectivity index (χ0n) is 12.8. The molecule has 1 atom stereocenters. The van der Waals surface area contributed by atoms with Crippen molar-refractivity contribution in [2.24, 2.45) is 0 Å². The van der Waals surface area contributed by atoms with Crippen LogP contribution in [-0.4, -0.2) is 23.6 Å². The lowest BCUT2D eigenvalue weighted by atomic mass is 10.0. The smallest absolute Gasteiger partial charge is 0.128 e. The monoisotopic (exact) mass is 413 g/mol. The number of pyridine rings is 1. The maximum atomic E-state index is 6.25.